The second kappa shape index (κ2) is 7.48. The van der Waals surface area contributed by atoms with Gasteiger partial charge in [-0.15, -0.1) is 0 Å². The summed E-state index contributed by atoms with van der Waals surface area (Å²) in [6, 6.07) is 13.0. The highest BCUT2D eigenvalue weighted by Crippen LogP contribution is 2.39. The van der Waals surface area contributed by atoms with Crippen LogP contribution in [0.1, 0.15) is 23.7 Å². The van der Waals surface area contributed by atoms with Crippen molar-refractivity contribution in [2.45, 2.75) is 25.3 Å². The number of hydrogen-bond acceptors (Lipinski definition) is 4. The van der Waals surface area contributed by atoms with Crippen molar-refractivity contribution in [3.05, 3.63) is 68.7 Å². The number of amides is 1. The molecular weight excluding hydrogens is 422 g/mol. The molecule has 0 fully saturated rings. The van der Waals surface area contributed by atoms with Gasteiger partial charge in [0.2, 0.25) is 5.91 Å². The first-order chi connectivity index (χ1) is 13.5. The largest absolute Gasteiger partial charge is 0.396 e. The monoisotopic (exact) mass is 441 g/mol. The molecule has 28 heavy (non-hydrogen) atoms. The third kappa shape index (κ3) is 3.14. The van der Waals surface area contributed by atoms with E-state index in [4.69, 9.17) is 4.98 Å². The summed E-state index contributed by atoms with van der Waals surface area (Å²) < 4.78 is 2.51. The van der Waals surface area contributed by atoms with Crippen molar-refractivity contribution in [2.24, 2.45) is 0 Å². The van der Waals surface area contributed by atoms with Crippen LogP contribution in [0.4, 0.5) is 5.69 Å². The number of halogens is 1. The highest BCUT2D eigenvalue weighted by molar-refractivity contribution is 9.10. The summed E-state index contributed by atoms with van der Waals surface area (Å²) in [6.07, 6.45) is 0.783. The fraction of sp³-hybridized carbons (Fsp3) is 0.286. The molecule has 1 atom stereocenters. The lowest BCUT2D eigenvalue weighted by Crippen LogP contribution is -2.30. The Morgan fingerprint density at radius 3 is 2.75 bits per heavy atom. The highest BCUT2D eigenvalue weighted by atomic mass is 79.9. The average molecular weight is 442 g/mol. The number of rotatable bonds is 5. The normalized spacial score (nSPS) is 16.0. The third-order valence-electron chi connectivity index (χ3n) is 5.22. The number of nitrogens with zero attached hydrogens (tertiary/aromatic N) is 3. The summed E-state index contributed by atoms with van der Waals surface area (Å²) in [5.74, 6) is 0.159. The molecule has 1 amide bonds. The topological polar surface area (TPSA) is 75.4 Å². The molecule has 1 aliphatic rings. The third-order valence-corrected chi connectivity index (χ3v) is 5.72. The number of likely N-dealkylation sites (N-methyl/N-ethyl adjacent to an activating group) is 1. The first-order valence-electron chi connectivity index (χ1n) is 9.17. The van der Waals surface area contributed by atoms with Crippen LogP contribution in [0.15, 0.2) is 51.7 Å². The fourth-order valence-electron chi connectivity index (χ4n) is 3.80. The molecule has 1 N–H and O–H groups in total. The van der Waals surface area contributed by atoms with Gasteiger partial charge in [-0.1, -0.05) is 28.1 Å². The van der Waals surface area contributed by atoms with Gasteiger partial charge in [0, 0.05) is 36.8 Å². The molecule has 0 saturated heterocycles. The Morgan fingerprint density at radius 1 is 1.18 bits per heavy atom. The minimum Gasteiger partial charge on any atom is -0.396 e. The predicted octanol–water partition coefficient (Wildman–Crippen LogP) is 2.84. The van der Waals surface area contributed by atoms with Crippen molar-refractivity contribution in [1.82, 2.24) is 9.55 Å². The number of anilines is 1. The molecular formula is C21H20BrN3O3. The number of benzene rings is 2. The summed E-state index contributed by atoms with van der Waals surface area (Å²) in [5, 5.41) is 9.79. The van der Waals surface area contributed by atoms with E-state index < -0.39 is 5.92 Å². The van der Waals surface area contributed by atoms with Crippen LogP contribution >= 0.6 is 15.9 Å². The van der Waals surface area contributed by atoms with Crippen molar-refractivity contribution in [2.75, 3.05) is 18.6 Å². The zero-order chi connectivity index (χ0) is 19.8. The lowest BCUT2D eigenvalue weighted by atomic mass is 9.96. The molecule has 6 nitrogen and oxygen atoms in total. The minimum absolute atomic E-state index is 0.00999. The van der Waals surface area contributed by atoms with Crippen LogP contribution in [0.25, 0.3) is 10.9 Å². The van der Waals surface area contributed by atoms with E-state index in [1.54, 1.807) is 22.6 Å². The fourth-order valence-corrected chi connectivity index (χ4v) is 4.18. The molecule has 0 saturated carbocycles. The number of aliphatic hydroxyl groups is 1. The van der Waals surface area contributed by atoms with Crippen LogP contribution in [0.3, 0.4) is 0 Å². The van der Waals surface area contributed by atoms with Gasteiger partial charge in [0.05, 0.1) is 16.8 Å². The molecule has 0 radical (unpaired) electrons. The zero-order valence-corrected chi connectivity index (χ0v) is 17.0. The van der Waals surface area contributed by atoms with Gasteiger partial charge < -0.3 is 10.0 Å². The van der Waals surface area contributed by atoms with E-state index in [1.165, 1.54) is 0 Å². The second-order valence-electron chi connectivity index (χ2n) is 6.94. The number of hydrogen-bond donors (Lipinski definition) is 1. The van der Waals surface area contributed by atoms with E-state index in [2.05, 4.69) is 15.9 Å². The Labute approximate surface area is 170 Å². The lowest BCUT2D eigenvalue weighted by Gasteiger charge is -2.16. The van der Waals surface area contributed by atoms with E-state index in [0.717, 1.165) is 15.7 Å². The Kier molecular flexibility index (Phi) is 5.03. The molecule has 2 aromatic carbocycles. The smallest absolute Gasteiger partial charge is 0.261 e. The van der Waals surface area contributed by atoms with Gasteiger partial charge in [0.15, 0.2) is 0 Å². The SMILES string of the molecule is CN1C(=O)[C@H](Cc2nc3ccccc3c(=O)n2CCCO)c2cc(Br)ccc21. The van der Waals surface area contributed by atoms with Crippen LogP contribution < -0.4 is 10.5 Å². The molecule has 3 aromatic rings. The van der Waals surface area contributed by atoms with E-state index in [-0.39, 0.29) is 18.1 Å². The van der Waals surface area contributed by atoms with Crippen LogP contribution in [0, 0.1) is 0 Å². The van der Waals surface area contributed by atoms with Gasteiger partial charge in [0.25, 0.3) is 5.56 Å². The standard InChI is InChI=1S/C21H20BrN3O3/c1-24-18-8-7-13(22)11-15(18)16(20(24)27)12-19-23-17-6-3-2-5-14(17)21(28)25(19)9-4-10-26/h2-3,5-8,11,16,26H,4,9-10,12H2,1H3/t16-/m1/s1. The first-order valence-corrected chi connectivity index (χ1v) is 9.97. The van der Waals surface area contributed by atoms with Crippen molar-refractivity contribution in [3.8, 4) is 0 Å². The minimum atomic E-state index is -0.397. The maximum atomic E-state index is 13.0. The molecule has 1 aliphatic heterocycles. The molecule has 144 valence electrons. The quantitative estimate of drug-likeness (QED) is 0.660. The van der Waals surface area contributed by atoms with E-state index in [9.17, 15) is 14.7 Å². The molecule has 7 heteroatoms. The Balaban J connectivity index is 1.83. The summed E-state index contributed by atoms with van der Waals surface area (Å²) in [6.45, 7) is 0.351. The number of aliphatic hydroxyl groups excluding tert-OH is 1. The van der Waals surface area contributed by atoms with Crippen molar-refractivity contribution in [3.63, 3.8) is 0 Å². The van der Waals surface area contributed by atoms with Gasteiger partial charge >= 0.3 is 0 Å². The number of carbonyl (C=O) groups excluding carboxylic acids is 1. The van der Waals surface area contributed by atoms with Crippen LogP contribution in [0.2, 0.25) is 0 Å². The van der Waals surface area contributed by atoms with Gasteiger partial charge in [-0.25, -0.2) is 4.98 Å². The van der Waals surface area contributed by atoms with E-state index in [0.29, 0.717) is 36.1 Å². The molecule has 1 aromatic heterocycles. The van der Waals surface area contributed by atoms with Crippen molar-refractivity contribution >= 4 is 38.4 Å². The van der Waals surface area contributed by atoms with Crippen molar-refractivity contribution in [1.29, 1.82) is 0 Å². The van der Waals surface area contributed by atoms with Crippen LogP contribution in [0.5, 0.6) is 0 Å². The maximum Gasteiger partial charge on any atom is 0.261 e. The molecule has 0 unspecified atom stereocenters. The van der Waals surface area contributed by atoms with E-state index in [1.807, 2.05) is 36.4 Å². The van der Waals surface area contributed by atoms with Gasteiger partial charge in [-0.05, 0) is 42.3 Å². The number of para-hydroxylation sites is 1. The first kappa shape index (κ1) is 18.8. The summed E-state index contributed by atoms with van der Waals surface area (Å²) >= 11 is 3.48. The van der Waals surface area contributed by atoms with Crippen LogP contribution in [-0.2, 0) is 17.8 Å². The Morgan fingerprint density at radius 2 is 1.96 bits per heavy atom. The molecule has 0 bridgehead atoms. The predicted molar refractivity (Wildman–Crippen MR) is 112 cm³/mol. The number of aromatic nitrogens is 2. The number of fused-ring (bicyclic) bond motifs is 2. The average Bonchev–Trinajstić information content (AvgIpc) is 2.92. The number of carbonyl (C=O) groups is 1. The molecule has 4 rings (SSSR count). The summed E-state index contributed by atoms with van der Waals surface area (Å²) in [5.41, 5.74) is 2.29. The molecule has 0 spiro atoms. The highest BCUT2D eigenvalue weighted by Gasteiger charge is 2.36. The Hall–Kier alpha value is -2.51. The lowest BCUT2D eigenvalue weighted by molar-refractivity contribution is -0.119. The molecule has 2 heterocycles. The Bertz CT molecular complexity index is 1130. The maximum absolute atomic E-state index is 13.0. The van der Waals surface area contributed by atoms with Gasteiger partial charge in [0.1, 0.15) is 5.82 Å². The zero-order valence-electron chi connectivity index (χ0n) is 15.4. The van der Waals surface area contributed by atoms with Crippen molar-refractivity contribution < 1.29 is 9.90 Å². The summed E-state index contributed by atoms with van der Waals surface area (Å²) in [7, 11) is 1.77. The van der Waals surface area contributed by atoms with Crippen LogP contribution in [-0.4, -0.2) is 34.2 Å². The summed E-state index contributed by atoms with van der Waals surface area (Å²) in [4.78, 5) is 32.3. The van der Waals surface area contributed by atoms with Gasteiger partial charge in [-0.3, -0.25) is 14.2 Å². The van der Waals surface area contributed by atoms with E-state index >= 15 is 0 Å². The molecule has 0 aliphatic carbocycles. The second-order valence-corrected chi connectivity index (χ2v) is 7.85. The van der Waals surface area contributed by atoms with Gasteiger partial charge in [-0.2, -0.15) is 0 Å².